The van der Waals surface area contributed by atoms with Gasteiger partial charge in [-0.1, -0.05) is 11.6 Å². The average Bonchev–Trinajstić information content (AvgIpc) is 2.06. The molecule has 0 fully saturated rings. The smallest absolute Gasteiger partial charge is 0.0588 e. The van der Waals surface area contributed by atoms with Gasteiger partial charge in [-0.3, -0.25) is 4.98 Å². The van der Waals surface area contributed by atoms with E-state index in [4.69, 9.17) is 11.6 Å². The van der Waals surface area contributed by atoms with Crippen LogP contribution in [0.3, 0.4) is 0 Å². The number of pyridine rings is 1. The maximum atomic E-state index is 5.97. The molecule has 0 aromatic carbocycles. The first kappa shape index (κ1) is 7.07. The summed E-state index contributed by atoms with van der Waals surface area (Å²) in [6, 6.07) is 1.85. The van der Waals surface area contributed by atoms with Crippen LogP contribution in [-0.2, 0) is 13.0 Å². The van der Waals surface area contributed by atoms with E-state index in [0.717, 1.165) is 30.2 Å². The van der Waals surface area contributed by atoms with Crippen LogP contribution in [0.5, 0.6) is 0 Å². The van der Waals surface area contributed by atoms with Crippen LogP contribution in [0, 0.1) is 0 Å². The van der Waals surface area contributed by atoms with Crippen LogP contribution in [0.25, 0.3) is 0 Å². The molecule has 0 spiro atoms. The number of fused-ring (bicyclic) bond motifs is 1. The number of halogens is 1. The summed E-state index contributed by atoms with van der Waals surface area (Å²) in [7, 11) is 0. The molecule has 1 N–H and O–H groups in total. The minimum absolute atomic E-state index is 0.857. The van der Waals surface area contributed by atoms with Gasteiger partial charge in [0.1, 0.15) is 0 Å². The summed E-state index contributed by atoms with van der Waals surface area (Å²) in [5, 5.41) is 4.10. The van der Waals surface area contributed by atoms with Gasteiger partial charge < -0.3 is 5.32 Å². The van der Waals surface area contributed by atoms with Crippen molar-refractivity contribution in [3.05, 3.63) is 28.5 Å². The number of rotatable bonds is 0. The number of hydrogen-bond donors (Lipinski definition) is 1. The Morgan fingerprint density at radius 1 is 1.55 bits per heavy atom. The Bertz CT molecular complexity index is 273. The predicted octanol–water partition coefficient (Wildman–Crippen LogP) is 1.38. The highest BCUT2D eigenvalue weighted by Gasteiger charge is 2.11. The van der Waals surface area contributed by atoms with Crippen LogP contribution in [-0.4, -0.2) is 11.5 Å². The van der Waals surface area contributed by atoms with Gasteiger partial charge in [0.25, 0.3) is 0 Å². The third-order valence-electron chi connectivity index (χ3n) is 1.93. The molecule has 1 aromatic rings. The molecular weight excluding hydrogens is 160 g/mol. The molecule has 1 aliphatic rings. The number of hydrogen-bond acceptors (Lipinski definition) is 2. The largest absolute Gasteiger partial charge is 0.311 e. The van der Waals surface area contributed by atoms with Crippen molar-refractivity contribution < 1.29 is 0 Å². The fraction of sp³-hybridized carbons (Fsp3) is 0.375. The van der Waals surface area contributed by atoms with Crippen molar-refractivity contribution in [2.45, 2.75) is 13.0 Å². The van der Waals surface area contributed by atoms with E-state index in [9.17, 15) is 0 Å². The minimum atomic E-state index is 0.857. The third kappa shape index (κ3) is 1.24. The monoisotopic (exact) mass is 168 g/mol. The van der Waals surface area contributed by atoms with E-state index in [1.807, 2.05) is 6.07 Å². The summed E-state index contributed by atoms with van der Waals surface area (Å²) in [6.07, 6.45) is 2.76. The number of nitrogens with one attached hydrogen (secondary N) is 1. The molecule has 0 saturated carbocycles. The first-order valence-electron chi connectivity index (χ1n) is 3.71. The Kier molecular flexibility index (Phi) is 1.80. The number of nitrogens with zero attached hydrogens (tertiary/aromatic N) is 1. The molecule has 58 valence electrons. The summed E-state index contributed by atoms with van der Waals surface area (Å²) in [4.78, 5) is 4.23. The van der Waals surface area contributed by atoms with Crippen molar-refractivity contribution in [2.75, 3.05) is 6.54 Å². The zero-order valence-electron chi connectivity index (χ0n) is 6.10. The first-order chi connectivity index (χ1) is 5.38. The second-order valence-corrected chi connectivity index (χ2v) is 3.05. The van der Waals surface area contributed by atoms with Crippen molar-refractivity contribution in [1.29, 1.82) is 0 Å². The van der Waals surface area contributed by atoms with Crippen molar-refractivity contribution in [3.8, 4) is 0 Å². The molecule has 0 radical (unpaired) electrons. The van der Waals surface area contributed by atoms with Crippen LogP contribution in [0.1, 0.15) is 11.3 Å². The van der Waals surface area contributed by atoms with Crippen molar-refractivity contribution in [2.24, 2.45) is 0 Å². The summed E-state index contributed by atoms with van der Waals surface area (Å²) < 4.78 is 0. The van der Waals surface area contributed by atoms with Gasteiger partial charge in [-0.25, -0.2) is 0 Å². The summed E-state index contributed by atoms with van der Waals surface area (Å²) in [6.45, 7) is 1.87. The number of aromatic nitrogens is 1. The normalized spacial score (nSPS) is 16.1. The molecule has 0 saturated heterocycles. The van der Waals surface area contributed by atoms with Crippen molar-refractivity contribution in [3.63, 3.8) is 0 Å². The Morgan fingerprint density at radius 3 is 3.27 bits per heavy atom. The molecule has 11 heavy (non-hydrogen) atoms. The molecule has 2 heterocycles. The molecule has 2 nitrogen and oxygen atoms in total. The fourth-order valence-corrected chi connectivity index (χ4v) is 1.61. The molecular formula is C8H9ClN2. The first-order valence-corrected chi connectivity index (χ1v) is 4.08. The maximum Gasteiger partial charge on any atom is 0.0588 e. The topological polar surface area (TPSA) is 24.9 Å². The van der Waals surface area contributed by atoms with Crippen LogP contribution in [0.4, 0.5) is 0 Å². The van der Waals surface area contributed by atoms with E-state index < -0.39 is 0 Å². The molecule has 0 unspecified atom stereocenters. The Hall–Kier alpha value is -0.600. The molecule has 0 aliphatic carbocycles. The summed E-state index contributed by atoms with van der Waals surface area (Å²) in [5.74, 6) is 0. The second-order valence-electron chi connectivity index (χ2n) is 2.64. The molecule has 1 aliphatic heterocycles. The van der Waals surface area contributed by atoms with E-state index in [2.05, 4.69) is 10.3 Å². The lowest BCUT2D eigenvalue weighted by atomic mass is 10.1. The molecule has 0 atom stereocenters. The van der Waals surface area contributed by atoms with Crippen molar-refractivity contribution in [1.82, 2.24) is 10.3 Å². The van der Waals surface area contributed by atoms with E-state index in [0.29, 0.717) is 0 Å². The van der Waals surface area contributed by atoms with Gasteiger partial charge in [0.15, 0.2) is 0 Å². The zero-order chi connectivity index (χ0) is 7.68. The van der Waals surface area contributed by atoms with Gasteiger partial charge in [-0.05, 0) is 24.6 Å². The fourth-order valence-electron chi connectivity index (χ4n) is 1.35. The van der Waals surface area contributed by atoms with Crippen LogP contribution in [0.15, 0.2) is 12.3 Å². The van der Waals surface area contributed by atoms with Crippen LogP contribution < -0.4 is 5.32 Å². The van der Waals surface area contributed by atoms with E-state index in [1.165, 1.54) is 5.56 Å². The van der Waals surface area contributed by atoms with Crippen molar-refractivity contribution >= 4 is 11.6 Å². The lowest BCUT2D eigenvalue weighted by Crippen LogP contribution is -2.24. The molecule has 3 heteroatoms. The van der Waals surface area contributed by atoms with Gasteiger partial charge in [-0.15, -0.1) is 0 Å². The summed E-state index contributed by atoms with van der Waals surface area (Å²) >= 11 is 5.97. The van der Waals surface area contributed by atoms with Gasteiger partial charge in [0.2, 0.25) is 0 Å². The van der Waals surface area contributed by atoms with E-state index in [-0.39, 0.29) is 0 Å². The summed E-state index contributed by atoms with van der Waals surface area (Å²) in [5.41, 5.74) is 2.32. The minimum Gasteiger partial charge on any atom is -0.311 e. The van der Waals surface area contributed by atoms with E-state index in [1.54, 1.807) is 6.20 Å². The van der Waals surface area contributed by atoms with Gasteiger partial charge in [-0.2, -0.15) is 0 Å². The second kappa shape index (κ2) is 2.80. The Balaban J connectivity index is 2.49. The molecule has 0 amide bonds. The molecule has 2 rings (SSSR count). The highest BCUT2D eigenvalue weighted by molar-refractivity contribution is 6.31. The molecule has 1 aromatic heterocycles. The third-order valence-corrected chi connectivity index (χ3v) is 2.29. The standard InChI is InChI=1S/C8H9ClN2/c9-7-2-4-11-8-5-10-3-1-6(7)8/h2,4,10H,1,3,5H2. The Labute approximate surface area is 70.6 Å². The van der Waals surface area contributed by atoms with Gasteiger partial charge >= 0.3 is 0 Å². The Morgan fingerprint density at radius 2 is 2.45 bits per heavy atom. The quantitative estimate of drug-likeness (QED) is 0.633. The maximum absolute atomic E-state index is 5.97. The zero-order valence-corrected chi connectivity index (χ0v) is 6.86. The van der Waals surface area contributed by atoms with Gasteiger partial charge in [0, 0.05) is 17.8 Å². The van der Waals surface area contributed by atoms with E-state index >= 15 is 0 Å². The predicted molar refractivity (Wildman–Crippen MR) is 44.7 cm³/mol. The highest BCUT2D eigenvalue weighted by Crippen LogP contribution is 2.20. The van der Waals surface area contributed by atoms with Gasteiger partial charge in [0.05, 0.1) is 5.69 Å². The van der Waals surface area contributed by atoms with Crippen LogP contribution in [0.2, 0.25) is 5.02 Å². The highest BCUT2D eigenvalue weighted by atomic mass is 35.5. The molecule has 0 bridgehead atoms. The van der Waals surface area contributed by atoms with Crippen LogP contribution >= 0.6 is 11.6 Å². The lowest BCUT2D eigenvalue weighted by molar-refractivity contribution is 0.627. The SMILES string of the molecule is Clc1ccnc2c1CCNC2. The average molecular weight is 169 g/mol. The lowest BCUT2D eigenvalue weighted by Gasteiger charge is -2.16.